The molecule has 0 bridgehead atoms. The minimum Gasteiger partial charge on any atom is -0.465 e. The van der Waals surface area contributed by atoms with Gasteiger partial charge in [0.1, 0.15) is 11.0 Å². The predicted molar refractivity (Wildman–Crippen MR) is 111 cm³/mol. The zero-order chi connectivity index (χ0) is 21.3. The minimum absolute atomic E-state index is 0.0818. The zero-order valence-corrected chi connectivity index (χ0v) is 16.3. The van der Waals surface area contributed by atoms with Gasteiger partial charge >= 0.3 is 11.6 Å². The van der Waals surface area contributed by atoms with Crippen LogP contribution in [-0.4, -0.2) is 29.0 Å². The van der Waals surface area contributed by atoms with Gasteiger partial charge in [-0.15, -0.1) is 0 Å². The summed E-state index contributed by atoms with van der Waals surface area (Å²) >= 11 is 0. The summed E-state index contributed by atoms with van der Waals surface area (Å²) in [5.74, 6) is -0.380. The minimum atomic E-state index is -0.636. The number of fused-ring (bicyclic) bond motifs is 3. The molecule has 0 unspecified atom stereocenters. The maximum atomic E-state index is 12.6. The van der Waals surface area contributed by atoms with Crippen LogP contribution in [0, 0.1) is 0 Å². The third-order valence-corrected chi connectivity index (χ3v) is 4.60. The second kappa shape index (κ2) is 7.75. The number of methoxy groups -OCH3 is 1. The van der Waals surface area contributed by atoms with Crippen LogP contribution in [0.15, 0.2) is 57.7 Å². The van der Waals surface area contributed by atoms with Crippen LogP contribution in [0.5, 0.6) is 0 Å². The second-order valence-corrected chi connectivity index (χ2v) is 6.48. The number of ether oxygens (including phenoxy) is 1. The van der Waals surface area contributed by atoms with Crippen LogP contribution in [0.25, 0.3) is 33.3 Å². The number of hydrogen-bond donors (Lipinski definition) is 1. The van der Waals surface area contributed by atoms with E-state index in [0.717, 1.165) is 0 Å². The van der Waals surface area contributed by atoms with Crippen LogP contribution < -0.4 is 10.9 Å². The van der Waals surface area contributed by atoms with Crippen molar-refractivity contribution in [1.82, 2.24) is 9.97 Å². The van der Waals surface area contributed by atoms with Gasteiger partial charge < -0.3 is 14.5 Å². The van der Waals surface area contributed by atoms with E-state index in [1.165, 1.54) is 7.11 Å². The molecule has 0 fully saturated rings. The van der Waals surface area contributed by atoms with Crippen molar-refractivity contribution >= 4 is 39.6 Å². The highest BCUT2D eigenvalue weighted by molar-refractivity contribution is 6.08. The van der Waals surface area contributed by atoms with Crippen molar-refractivity contribution in [3.63, 3.8) is 0 Å². The molecule has 4 aromatic rings. The van der Waals surface area contributed by atoms with Crippen molar-refractivity contribution in [2.75, 3.05) is 12.4 Å². The molecular formula is C22H17N3O5. The van der Waals surface area contributed by atoms with Gasteiger partial charge in [0.05, 0.1) is 18.2 Å². The lowest BCUT2D eigenvalue weighted by Crippen LogP contribution is -2.15. The summed E-state index contributed by atoms with van der Waals surface area (Å²) in [6.45, 7) is 1.70. The molecule has 30 heavy (non-hydrogen) atoms. The Morgan fingerprint density at radius 1 is 1.07 bits per heavy atom. The number of esters is 1. The summed E-state index contributed by atoms with van der Waals surface area (Å²) in [5.41, 5.74) is 1.10. The lowest BCUT2D eigenvalue weighted by Gasteiger charge is -2.10. The average molecular weight is 403 g/mol. The highest BCUT2D eigenvalue weighted by Gasteiger charge is 2.18. The van der Waals surface area contributed by atoms with Crippen molar-refractivity contribution in [3.05, 3.63) is 64.5 Å². The van der Waals surface area contributed by atoms with Gasteiger partial charge in [-0.2, -0.15) is 0 Å². The Bertz CT molecular complexity index is 1340. The Morgan fingerprint density at radius 3 is 2.50 bits per heavy atom. The third kappa shape index (κ3) is 3.39. The molecule has 0 aliphatic carbocycles. The Balaban J connectivity index is 1.98. The summed E-state index contributed by atoms with van der Waals surface area (Å²) < 4.78 is 10.1. The van der Waals surface area contributed by atoms with Crippen LogP contribution in [0.1, 0.15) is 23.7 Å². The SMILES string of the molecule is CCC(=O)Nc1nc(-c2ccc(C(=O)OC)cc2)nc2c1c(=O)oc1ccccc12. The number of nitrogens with zero attached hydrogens (tertiary/aromatic N) is 2. The van der Waals surface area contributed by atoms with E-state index in [1.807, 2.05) is 0 Å². The number of carbonyl (C=O) groups excluding carboxylic acids is 2. The van der Waals surface area contributed by atoms with Gasteiger partial charge in [-0.1, -0.05) is 31.2 Å². The Labute approximate surface area is 170 Å². The molecule has 8 heteroatoms. The van der Waals surface area contributed by atoms with Crippen molar-refractivity contribution in [1.29, 1.82) is 0 Å². The Hall–Kier alpha value is -4.07. The first-order chi connectivity index (χ1) is 14.5. The van der Waals surface area contributed by atoms with Crippen LogP contribution in [0.3, 0.4) is 0 Å². The van der Waals surface area contributed by atoms with Crippen LogP contribution >= 0.6 is 0 Å². The van der Waals surface area contributed by atoms with E-state index < -0.39 is 11.6 Å². The fourth-order valence-electron chi connectivity index (χ4n) is 3.06. The van der Waals surface area contributed by atoms with Gasteiger partial charge in [0, 0.05) is 17.4 Å². The van der Waals surface area contributed by atoms with Crippen LogP contribution in [0.4, 0.5) is 5.82 Å². The van der Waals surface area contributed by atoms with E-state index in [0.29, 0.717) is 33.4 Å². The number of amides is 1. The molecule has 2 heterocycles. The van der Waals surface area contributed by atoms with Crippen molar-refractivity contribution in [2.45, 2.75) is 13.3 Å². The van der Waals surface area contributed by atoms with E-state index in [4.69, 9.17) is 9.15 Å². The Kier molecular flexibility index (Phi) is 4.97. The summed E-state index contributed by atoms with van der Waals surface area (Å²) in [7, 11) is 1.31. The number of aromatic nitrogens is 2. The molecule has 1 amide bonds. The molecular weight excluding hydrogens is 386 g/mol. The number of rotatable bonds is 4. The van der Waals surface area contributed by atoms with E-state index >= 15 is 0 Å². The molecule has 2 aromatic heterocycles. The maximum absolute atomic E-state index is 12.6. The topological polar surface area (TPSA) is 111 Å². The van der Waals surface area contributed by atoms with Gasteiger partial charge in [-0.3, -0.25) is 4.79 Å². The van der Waals surface area contributed by atoms with Crippen LogP contribution in [0.2, 0.25) is 0 Å². The quantitative estimate of drug-likeness (QED) is 0.315. The summed E-state index contributed by atoms with van der Waals surface area (Å²) in [6.07, 6.45) is 0.216. The molecule has 0 radical (unpaired) electrons. The van der Waals surface area contributed by atoms with Crippen molar-refractivity contribution in [3.8, 4) is 11.4 Å². The molecule has 150 valence electrons. The van der Waals surface area contributed by atoms with E-state index in [9.17, 15) is 14.4 Å². The number of para-hydroxylation sites is 1. The molecule has 0 atom stereocenters. The molecule has 0 aliphatic rings. The number of nitrogens with one attached hydrogen (secondary N) is 1. The highest BCUT2D eigenvalue weighted by Crippen LogP contribution is 2.28. The fraction of sp³-hybridized carbons (Fsp3) is 0.136. The average Bonchev–Trinajstić information content (AvgIpc) is 2.78. The van der Waals surface area contributed by atoms with Crippen molar-refractivity contribution < 1.29 is 18.7 Å². The normalized spacial score (nSPS) is 10.9. The number of anilines is 1. The van der Waals surface area contributed by atoms with E-state index in [-0.39, 0.29) is 23.5 Å². The van der Waals surface area contributed by atoms with Gasteiger partial charge in [-0.05, 0) is 24.3 Å². The van der Waals surface area contributed by atoms with Gasteiger partial charge in [0.25, 0.3) is 0 Å². The number of carbonyl (C=O) groups is 2. The summed E-state index contributed by atoms with van der Waals surface area (Å²) in [6, 6.07) is 13.5. The molecule has 4 rings (SSSR count). The maximum Gasteiger partial charge on any atom is 0.349 e. The first-order valence-electron chi connectivity index (χ1n) is 9.24. The first kappa shape index (κ1) is 19.3. The largest absolute Gasteiger partial charge is 0.465 e. The van der Waals surface area contributed by atoms with Gasteiger partial charge in [0.15, 0.2) is 11.6 Å². The molecule has 8 nitrogen and oxygen atoms in total. The van der Waals surface area contributed by atoms with E-state index in [2.05, 4.69) is 15.3 Å². The third-order valence-electron chi connectivity index (χ3n) is 4.60. The lowest BCUT2D eigenvalue weighted by atomic mass is 10.1. The fourth-order valence-corrected chi connectivity index (χ4v) is 3.06. The molecule has 1 N–H and O–H groups in total. The Morgan fingerprint density at radius 2 is 1.80 bits per heavy atom. The van der Waals surface area contributed by atoms with Gasteiger partial charge in [0.2, 0.25) is 5.91 Å². The molecule has 0 saturated heterocycles. The first-order valence-corrected chi connectivity index (χ1v) is 9.24. The molecule has 0 spiro atoms. The predicted octanol–water partition coefficient (Wildman–Crippen LogP) is 3.54. The van der Waals surface area contributed by atoms with Crippen LogP contribution in [-0.2, 0) is 9.53 Å². The lowest BCUT2D eigenvalue weighted by molar-refractivity contribution is -0.115. The molecule has 0 aliphatic heterocycles. The van der Waals surface area contributed by atoms with Crippen molar-refractivity contribution in [2.24, 2.45) is 0 Å². The number of benzene rings is 2. The van der Waals surface area contributed by atoms with E-state index in [1.54, 1.807) is 55.5 Å². The number of hydrogen-bond acceptors (Lipinski definition) is 7. The summed E-state index contributed by atoms with van der Waals surface area (Å²) in [5, 5.41) is 3.39. The molecule has 0 saturated carbocycles. The summed E-state index contributed by atoms with van der Waals surface area (Å²) in [4.78, 5) is 45.3. The molecule has 2 aromatic carbocycles. The standard InChI is InChI=1S/C22H17N3O5/c1-3-16(26)23-20-17-18(14-6-4-5-7-15(14)30-22(17)28)24-19(25-20)12-8-10-13(11-9-12)21(27)29-2/h4-11H,3H2,1-2H3,(H,23,24,25,26). The highest BCUT2D eigenvalue weighted by atomic mass is 16.5. The van der Waals surface area contributed by atoms with Gasteiger partial charge in [-0.25, -0.2) is 19.6 Å². The monoisotopic (exact) mass is 403 g/mol. The second-order valence-electron chi connectivity index (χ2n) is 6.48. The zero-order valence-electron chi connectivity index (χ0n) is 16.3. The smallest absolute Gasteiger partial charge is 0.349 e.